The van der Waals surface area contributed by atoms with Crippen LogP contribution in [-0.2, 0) is 0 Å². The molecule has 0 N–H and O–H groups in total. The van der Waals surface area contributed by atoms with Crippen LogP contribution in [0.3, 0.4) is 0 Å². The van der Waals surface area contributed by atoms with Gasteiger partial charge in [-0.15, -0.1) is 0 Å². The molecule has 3 rings (SSSR count). The third-order valence-corrected chi connectivity index (χ3v) is 2.92. The van der Waals surface area contributed by atoms with Gasteiger partial charge in [-0.25, -0.2) is 0 Å². The molecule has 0 fully saturated rings. The lowest BCUT2D eigenvalue weighted by atomic mass is 9.99. The normalized spacial score (nSPS) is 33.7. The van der Waals surface area contributed by atoms with Gasteiger partial charge in [-0.2, -0.15) is 0 Å². The Hall–Kier alpha value is -1.38. The van der Waals surface area contributed by atoms with Crippen molar-refractivity contribution in [2.75, 3.05) is 13.1 Å². The van der Waals surface area contributed by atoms with Crippen molar-refractivity contribution in [1.29, 1.82) is 0 Å². The maximum atomic E-state index is 4.50. The summed E-state index contributed by atoms with van der Waals surface area (Å²) >= 11 is 0. The van der Waals surface area contributed by atoms with E-state index < -0.39 is 0 Å². The van der Waals surface area contributed by atoms with Crippen LogP contribution in [-0.4, -0.2) is 42.1 Å². The Morgan fingerprint density at radius 1 is 1.29 bits per heavy atom. The summed E-state index contributed by atoms with van der Waals surface area (Å²) < 4.78 is 0. The van der Waals surface area contributed by atoms with Crippen molar-refractivity contribution in [2.45, 2.75) is 18.5 Å². The van der Waals surface area contributed by atoms with Crippen molar-refractivity contribution < 1.29 is 0 Å². The van der Waals surface area contributed by atoms with E-state index in [9.17, 15) is 0 Å². The van der Waals surface area contributed by atoms with E-state index in [0.29, 0.717) is 12.1 Å². The third kappa shape index (κ3) is 1.12. The first-order chi connectivity index (χ1) is 6.95. The van der Waals surface area contributed by atoms with E-state index in [2.05, 4.69) is 39.2 Å². The molecular weight excluding hydrogens is 174 g/mol. The highest BCUT2D eigenvalue weighted by Gasteiger charge is 2.30. The van der Waals surface area contributed by atoms with Gasteiger partial charge in [-0.1, -0.05) is 24.3 Å². The van der Waals surface area contributed by atoms with E-state index in [-0.39, 0.29) is 0 Å². The second-order valence-electron chi connectivity index (χ2n) is 3.82. The lowest BCUT2D eigenvalue weighted by Crippen LogP contribution is -2.51. The van der Waals surface area contributed by atoms with Crippen LogP contribution in [0.2, 0.25) is 0 Å². The molecule has 3 nitrogen and oxygen atoms in total. The summed E-state index contributed by atoms with van der Waals surface area (Å²) in [4.78, 5) is 11.3. The molecule has 72 valence electrons. The van der Waals surface area contributed by atoms with E-state index in [4.69, 9.17) is 0 Å². The summed E-state index contributed by atoms with van der Waals surface area (Å²) in [6.07, 6.45) is 11.6. The molecule has 0 aromatic rings. The zero-order valence-corrected chi connectivity index (χ0v) is 8.00. The van der Waals surface area contributed by atoms with Gasteiger partial charge in [0.15, 0.2) is 0 Å². The van der Waals surface area contributed by atoms with Crippen molar-refractivity contribution in [3.63, 3.8) is 0 Å². The van der Waals surface area contributed by atoms with Crippen LogP contribution in [0.5, 0.6) is 0 Å². The largest absolute Gasteiger partial charge is 0.347 e. The second-order valence-corrected chi connectivity index (χ2v) is 3.82. The Morgan fingerprint density at radius 2 is 2.21 bits per heavy atom. The van der Waals surface area contributed by atoms with Crippen molar-refractivity contribution in [2.24, 2.45) is 9.98 Å². The highest BCUT2D eigenvalue weighted by atomic mass is 15.3. The van der Waals surface area contributed by atoms with E-state index in [1.54, 1.807) is 0 Å². The Bertz CT molecular complexity index is 352. The fourth-order valence-electron chi connectivity index (χ4n) is 2.22. The predicted octanol–water partition coefficient (Wildman–Crippen LogP) is 1.04. The lowest BCUT2D eigenvalue weighted by Gasteiger charge is -2.39. The molecule has 0 bridgehead atoms. The van der Waals surface area contributed by atoms with E-state index in [1.165, 1.54) is 0 Å². The van der Waals surface area contributed by atoms with E-state index in [1.807, 2.05) is 6.21 Å². The summed E-state index contributed by atoms with van der Waals surface area (Å²) in [6.45, 7) is 2.07. The molecule has 2 atom stereocenters. The predicted molar refractivity (Wildman–Crippen MR) is 58.0 cm³/mol. The van der Waals surface area contributed by atoms with Crippen molar-refractivity contribution in [3.8, 4) is 0 Å². The fraction of sp³-hybridized carbons (Fsp3) is 0.455. The van der Waals surface area contributed by atoms with Gasteiger partial charge in [0.05, 0.1) is 18.3 Å². The zero-order chi connectivity index (χ0) is 9.38. The summed E-state index contributed by atoms with van der Waals surface area (Å²) in [7, 11) is 0. The number of allylic oxidation sites excluding steroid dienone is 2. The van der Waals surface area contributed by atoms with Crippen molar-refractivity contribution in [3.05, 3.63) is 24.3 Å². The number of aliphatic imine (C=N–C) groups is 2. The van der Waals surface area contributed by atoms with Gasteiger partial charge in [-0.3, -0.25) is 9.98 Å². The van der Waals surface area contributed by atoms with Crippen molar-refractivity contribution >= 4 is 12.1 Å². The second kappa shape index (κ2) is 3.08. The zero-order valence-electron chi connectivity index (χ0n) is 8.00. The monoisotopic (exact) mass is 187 g/mol. The Balaban J connectivity index is 1.99. The van der Waals surface area contributed by atoms with Gasteiger partial charge in [0, 0.05) is 13.1 Å². The SMILES string of the molecule is C1=C[C@@H]2N=CC3=NCCCN3[C@@H]2C=C1. The van der Waals surface area contributed by atoms with E-state index >= 15 is 0 Å². The molecule has 0 radical (unpaired) electrons. The quantitative estimate of drug-likeness (QED) is 0.557. The van der Waals surface area contributed by atoms with E-state index in [0.717, 1.165) is 25.3 Å². The molecule has 2 heterocycles. The van der Waals surface area contributed by atoms with Gasteiger partial charge in [0.25, 0.3) is 0 Å². The summed E-state index contributed by atoms with van der Waals surface area (Å²) in [5.41, 5.74) is 0. The molecule has 0 unspecified atom stereocenters. The Morgan fingerprint density at radius 3 is 3.21 bits per heavy atom. The molecule has 1 aliphatic carbocycles. The molecule has 0 amide bonds. The Labute approximate surface area is 83.5 Å². The van der Waals surface area contributed by atoms with Gasteiger partial charge in [-0.05, 0) is 6.42 Å². The molecule has 0 saturated carbocycles. The van der Waals surface area contributed by atoms with Crippen LogP contribution < -0.4 is 0 Å². The average molecular weight is 187 g/mol. The minimum absolute atomic E-state index is 0.303. The molecule has 0 aromatic carbocycles. The number of fused-ring (bicyclic) bond motifs is 3. The first-order valence-corrected chi connectivity index (χ1v) is 5.14. The average Bonchev–Trinajstić information content (AvgIpc) is 2.29. The standard InChI is InChI=1S/C11H13N3/c1-2-5-10-9(4-1)13-8-11-12-6-3-7-14(10)11/h1-2,4-5,8-10H,3,6-7H2/t9-,10+/m0/s1. The molecule has 0 spiro atoms. The molecule has 14 heavy (non-hydrogen) atoms. The fourth-order valence-corrected chi connectivity index (χ4v) is 2.22. The number of rotatable bonds is 0. The highest BCUT2D eigenvalue weighted by Crippen LogP contribution is 2.21. The molecule has 2 aliphatic heterocycles. The smallest absolute Gasteiger partial charge is 0.142 e. The van der Waals surface area contributed by atoms with Crippen LogP contribution in [0, 0.1) is 0 Å². The minimum atomic E-state index is 0.303. The summed E-state index contributed by atoms with van der Waals surface area (Å²) in [5.74, 6) is 1.07. The van der Waals surface area contributed by atoms with Crippen LogP contribution >= 0.6 is 0 Å². The maximum Gasteiger partial charge on any atom is 0.142 e. The minimum Gasteiger partial charge on any atom is -0.347 e. The molecule has 0 saturated heterocycles. The number of amidine groups is 1. The van der Waals surface area contributed by atoms with Gasteiger partial charge >= 0.3 is 0 Å². The summed E-state index contributed by atoms with van der Waals surface area (Å²) in [5, 5.41) is 0. The highest BCUT2D eigenvalue weighted by molar-refractivity contribution is 6.30. The first kappa shape index (κ1) is 7.97. The maximum absolute atomic E-state index is 4.50. The van der Waals surface area contributed by atoms with Gasteiger partial charge in [0.2, 0.25) is 0 Å². The van der Waals surface area contributed by atoms with Crippen LogP contribution in [0.4, 0.5) is 0 Å². The number of hydrogen-bond donors (Lipinski definition) is 0. The topological polar surface area (TPSA) is 28.0 Å². The number of nitrogens with zero attached hydrogens (tertiary/aromatic N) is 3. The van der Waals surface area contributed by atoms with Crippen LogP contribution in [0.1, 0.15) is 6.42 Å². The van der Waals surface area contributed by atoms with Crippen LogP contribution in [0.25, 0.3) is 0 Å². The van der Waals surface area contributed by atoms with Gasteiger partial charge < -0.3 is 4.90 Å². The molecule has 3 aliphatic rings. The lowest BCUT2D eigenvalue weighted by molar-refractivity contribution is 0.318. The van der Waals surface area contributed by atoms with Gasteiger partial charge in [0.1, 0.15) is 5.84 Å². The van der Waals surface area contributed by atoms with Crippen LogP contribution in [0.15, 0.2) is 34.3 Å². The third-order valence-electron chi connectivity index (χ3n) is 2.92. The summed E-state index contributed by atoms with van der Waals surface area (Å²) in [6, 6.07) is 0.709. The molecule has 3 heteroatoms. The molecular formula is C11H13N3. The van der Waals surface area contributed by atoms with Crippen molar-refractivity contribution in [1.82, 2.24) is 4.90 Å². The Kier molecular flexibility index (Phi) is 1.76. The number of hydrogen-bond acceptors (Lipinski definition) is 3. The first-order valence-electron chi connectivity index (χ1n) is 5.14. The molecule has 0 aromatic heterocycles.